The maximum atomic E-state index is 12.6. The summed E-state index contributed by atoms with van der Waals surface area (Å²) in [6.45, 7) is 2.43. The lowest BCUT2D eigenvalue weighted by Crippen LogP contribution is -2.32. The minimum atomic E-state index is -2.67. The minimum absolute atomic E-state index is 0.0768. The van der Waals surface area contributed by atoms with Crippen LogP contribution in [-0.4, -0.2) is 34.3 Å². The second-order valence-corrected chi connectivity index (χ2v) is 5.11. The first-order valence-corrected chi connectivity index (χ1v) is 6.93. The smallest absolute Gasteiger partial charge is 0.319 e. The third kappa shape index (κ3) is 4.14. The summed E-state index contributed by atoms with van der Waals surface area (Å²) in [5, 5.41) is 14.1. The zero-order valence-electron chi connectivity index (χ0n) is 12.1. The second kappa shape index (κ2) is 7.17. The number of carbonyl (C=O) groups is 1. The van der Waals surface area contributed by atoms with Gasteiger partial charge >= 0.3 is 6.03 Å². The number of halogens is 2. The number of hydrogen-bond donors (Lipinski definition) is 4. The number of fused-ring (bicyclic) bond motifs is 1. The Morgan fingerprint density at radius 2 is 2.23 bits per heavy atom. The second-order valence-electron chi connectivity index (χ2n) is 5.11. The Morgan fingerprint density at radius 3 is 2.91 bits per heavy atom. The molecule has 0 fully saturated rings. The van der Waals surface area contributed by atoms with E-state index in [0.29, 0.717) is 29.7 Å². The van der Waals surface area contributed by atoms with Crippen molar-refractivity contribution in [3.05, 3.63) is 24.0 Å². The van der Waals surface area contributed by atoms with Gasteiger partial charge in [0, 0.05) is 18.8 Å². The molecule has 0 radical (unpaired) electrons. The number of aromatic amines is 1. The molecule has 0 saturated heterocycles. The van der Waals surface area contributed by atoms with E-state index in [2.05, 4.69) is 20.6 Å². The molecular weight excluding hydrogens is 294 g/mol. The number of benzene rings is 1. The Labute approximate surface area is 125 Å². The van der Waals surface area contributed by atoms with Crippen molar-refractivity contribution >= 4 is 22.8 Å². The van der Waals surface area contributed by atoms with Crippen molar-refractivity contribution < 1.29 is 18.7 Å². The van der Waals surface area contributed by atoms with Gasteiger partial charge in [0.15, 0.2) is 5.82 Å². The molecule has 0 aliphatic heterocycles. The molecule has 2 aromatic rings. The normalized spacial score (nSPS) is 12.6. The predicted octanol–water partition coefficient (Wildman–Crippen LogP) is 2.64. The van der Waals surface area contributed by atoms with Gasteiger partial charge in [-0.2, -0.15) is 0 Å². The topological polar surface area (TPSA) is 90.0 Å². The van der Waals surface area contributed by atoms with Gasteiger partial charge in [-0.05, 0) is 30.5 Å². The van der Waals surface area contributed by atoms with Gasteiger partial charge < -0.3 is 20.7 Å². The molecule has 0 aliphatic carbocycles. The van der Waals surface area contributed by atoms with E-state index >= 15 is 0 Å². The Morgan fingerprint density at radius 1 is 1.45 bits per heavy atom. The van der Waals surface area contributed by atoms with Crippen LogP contribution in [0.4, 0.5) is 19.3 Å². The Bertz CT molecular complexity index is 645. The molecule has 1 heterocycles. The van der Waals surface area contributed by atoms with E-state index in [1.807, 2.05) is 6.92 Å². The molecule has 0 spiro atoms. The molecule has 0 aliphatic rings. The van der Waals surface area contributed by atoms with Gasteiger partial charge in [0.25, 0.3) is 6.43 Å². The summed E-state index contributed by atoms with van der Waals surface area (Å²) < 4.78 is 25.1. The summed E-state index contributed by atoms with van der Waals surface area (Å²) in [5.74, 6) is -0.228. The van der Waals surface area contributed by atoms with E-state index < -0.39 is 18.3 Å². The van der Waals surface area contributed by atoms with Gasteiger partial charge in [0.2, 0.25) is 0 Å². The van der Waals surface area contributed by atoms with Crippen LogP contribution in [0.2, 0.25) is 0 Å². The molecule has 2 rings (SSSR count). The maximum absolute atomic E-state index is 12.6. The zero-order valence-corrected chi connectivity index (χ0v) is 12.1. The highest BCUT2D eigenvalue weighted by Crippen LogP contribution is 2.22. The molecule has 120 valence electrons. The molecule has 1 aromatic carbocycles. The van der Waals surface area contributed by atoms with Crippen molar-refractivity contribution in [2.24, 2.45) is 5.92 Å². The molecule has 1 atom stereocenters. The van der Waals surface area contributed by atoms with Crippen molar-refractivity contribution in [3.8, 4) is 0 Å². The van der Waals surface area contributed by atoms with Crippen LogP contribution in [-0.2, 0) is 0 Å². The van der Waals surface area contributed by atoms with Crippen LogP contribution in [0.25, 0.3) is 11.0 Å². The average Bonchev–Trinajstić information content (AvgIpc) is 2.89. The number of anilines is 1. The lowest BCUT2D eigenvalue weighted by atomic mass is 10.1. The molecule has 1 unspecified atom stereocenters. The van der Waals surface area contributed by atoms with Gasteiger partial charge in [0.1, 0.15) is 0 Å². The number of aliphatic hydroxyl groups excluding tert-OH is 1. The number of aromatic nitrogens is 2. The number of rotatable bonds is 6. The summed E-state index contributed by atoms with van der Waals surface area (Å²) in [4.78, 5) is 18.0. The quantitative estimate of drug-likeness (QED) is 0.661. The number of carbonyl (C=O) groups excluding carboxylic acids is 1. The van der Waals surface area contributed by atoms with Gasteiger partial charge in [-0.1, -0.05) is 6.92 Å². The highest BCUT2D eigenvalue weighted by molar-refractivity contribution is 5.91. The largest absolute Gasteiger partial charge is 0.396 e. The van der Waals surface area contributed by atoms with Gasteiger partial charge in [-0.3, -0.25) is 0 Å². The summed E-state index contributed by atoms with van der Waals surface area (Å²) in [5.41, 5.74) is 1.32. The van der Waals surface area contributed by atoms with Crippen molar-refractivity contribution in [2.75, 3.05) is 18.5 Å². The van der Waals surface area contributed by atoms with Crippen LogP contribution < -0.4 is 10.6 Å². The van der Waals surface area contributed by atoms with Crippen LogP contribution in [0.3, 0.4) is 0 Å². The molecule has 8 heteroatoms. The Hall–Kier alpha value is -2.22. The number of alkyl halides is 2. The molecule has 2 amide bonds. The third-order valence-electron chi connectivity index (χ3n) is 3.20. The van der Waals surface area contributed by atoms with E-state index in [1.165, 1.54) is 0 Å². The predicted molar refractivity (Wildman–Crippen MR) is 78.9 cm³/mol. The first-order valence-electron chi connectivity index (χ1n) is 6.93. The summed E-state index contributed by atoms with van der Waals surface area (Å²) in [6, 6.07) is 4.31. The number of urea groups is 1. The van der Waals surface area contributed by atoms with Crippen LogP contribution in [0, 0.1) is 5.92 Å². The van der Waals surface area contributed by atoms with Crippen molar-refractivity contribution in [3.63, 3.8) is 0 Å². The molecular formula is C14H18F2N4O2. The molecule has 6 nitrogen and oxygen atoms in total. The van der Waals surface area contributed by atoms with E-state index in [1.54, 1.807) is 18.2 Å². The van der Waals surface area contributed by atoms with Crippen LogP contribution in [0.5, 0.6) is 0 Å². The van der Waals surface area contributed by atoms with E-state index in [4.69, 9.17) is 5.11 Å². The monoisotopic (exact) mass is 312 g/mol. The van der Waals surface area contributed by atoms with Crippen LogP contribution >= 0.6 is 0 Å². The molecule has 1 aromatic heterocycles. The number of hydrogen-bond acceptors (Lipinski definition) is 3. The number of amides is 2. The fourth-order valence-electron chi connectivity index (χ4n) is 1.98. The Balaban J connectivity index is 1.97. The molecule has 4 N–H and O–H groups in total. The average molecular weight is 312 g/mol. The number of nitrogens with one attached hydrogen (secondary N) is 3. The van der Waals surface area contributed by atoms with E-state index in [9.17, 15) is 13.6 Å². The van der Waals surface area contributed by atoms with Crippen molar-refractivity contribution in [2.45, 2.75) is 19.8 Å². The van der Waals surface area contributed by atoms with Gasteiger partial charge in [-0.25, -0.2) is 18.6 Å². The standard InChI is InChI=1S/C14H18F2N4O2/c1-8(4-5-21)7-17-14(22)18-9-2-3-10-11(6-9)20-13(19-10)12(15)16/h2-3,6,8,12,21H,4-5,7H2,1H3,(H,19,20)(H2,17,18,22). The Kier molecular flexibility index (Phi) is 5.26. The minimum Gasteiger partial charge on any atom is -0.396 e. The van der Waals surface area contributed by atoms with Crippen LogP contribution in [0.15, 0.2) is 18.2 Å². The first-order chi connectivity index (χ1) is 10.5. The molecule has 0 saturated carbocycles. The number of aliphatic hydroxyl groups is 1. The third-order valence-corrected chi connectivity index (χ3v) is 3.20. The summed E-state index contributed by atoms with van der Waals surface area (Å²) >= 11 is 0. The number of imidazole rings is 1. The van der Waals surface area contributed by atoms with E-state index in [0.717, 1.165) is 0 Å². The highest BCUT2D eigenvalue weighted by Gasteiger charge is 2.13. The van der Waals surface area contributed by atoms with Gasteiger partial charge in [-0.15, -0.1) is 0 Å². The van der Waals surface area contributed by atoms with Crippen LogP contribution in [0.1, 0.15) is 25.6 Å². The summed E-state index contributed by atoms with van der Waals surface area (Å²) in [7, 11) is 0. The van der Waals surface area contributed by atoms with Crippen molar-refractivity contribution in [1.29, 1.82) is 0 Å². The maximum Gasteiger partial charge on any atom is 0.319 e. The summed E-state index contributed by atoms with van der Waals surface area (Å²) in [6.07, 6.45) is -2.06. The van der Waals surface area contributed by atoms with Gasteiger partial charge in [0.05, 0.1) is 11.0 Å². The van der Waals surface area contributed by atoms with E-state index in [-0.39, 0.29) is 12.5 Å². The first kappa shape index (κ1) is 16.2. The zero-order chi connectivity index (χ0) is 16.1. The number of nitrogens with zero attached hydrogens (tertiary/aromatic N) is 1. The molecule has 0 bridgehead atoms. The fraction of sp³-hybridized carbons (Fsp3) is 0.429. The lowest BCUT2D eigenvalue weighted by Gasteiger charge is -2.12. The number of H-pyrrole nitrogens is 1. The fourth-order valence-corrected chi connectivity index (χ4v) is 1.98. The lowest BCUT2D eigenvalue weighted by molar-refractivity contribution is 0.142. The van der Waals surface area contributed by atoms with Crippen molar-refractivity contribution in [1.82, 2.24) is 15.3 Å². The SMILES string of the molecule is CC(CCO)CNC(=O)Nc1ccc2nc(C(F)F)[nH]c2c1. The highest BCUT2D eigenvalue weighted by atomic mass is 19.3. The molecule has 22 heavy (non-hydrogen) atoms.